The third-order valence-electron chi connectivity index (χ3n) is 3.15. The number of aromatic nitrogens is 2. The molecule has 3 rings (SSSR count). The van der Waals surface area contributed by atoms with E-state index >= 15 is 0 Å². The molecule has 0 aliphatic heterocycles. The van der Waals surface area contributed by atoms with Crippen molar-refractivity contribution in [3.05, 3.63) is 69.7 Å². The van der Waals surface area contributed by atoms with Gasteiger partial charge in [-0.3, -0.25) is 9.89 Å². The molecule has 0 amide bonds. The van der Waals surface area contributed by atoms with Crippen molar-refractivity contribution in [3.63, 3.8) is 0 Å². The Balaban J connectivity index is 2.17. The molecule has 3 aromatic rings. The van der Waals surface area contributed by atoms with Crippen LogP contribution in [0.1, 0.15) is 0 Å². The van der Waals surface area contributed by atoms with Crippen LogP contribution >= 0.6 is 11.6 Å². The Labute approximate surface area is 124 Å². The van der Waals surface area contributed by atoms with Crippen molar-refractivity contribution in [2.45, 2.75) is 0 Å². The second kappa shape index (κ2) is 5.10. The third kappa shape index (κ3) is 2.32. The van der Waals surface area contributed by atoms with E-state index in [9.17, 15) is 9.18 Å². The van der Waals surface area contributed by atoms with Gasteiger partial charge in [-0.25, -0.2) is 9.07 Å². The molecule has 0 saturated heterocycles. The van der Waals surface area contributed by atoms with Crippen LogP contribution < -0.4 is 11.3 Å². The maximum absolute atomic E-state index is 13.5. The lowest BCUT2D eigenvalue weighted by Gasteiger charge is -2.03. The van der Waals surface area contributed by atoms with E-state index in [0.29, 0.717) is 11.4 Å². The number of nitrogen functional groups attached to an aromatic ring is 1. The zero-order valence-corrected chi connectivity index (χ0v) is 11.6. The first kappa shape index (κ1) is 13.5. The number of benzene rings is 2. The molecule has 4 nitrogen and oxygen atoms in total. The molecule has 6 heteroatoms. The Morgan fingerprint density at radius 3 is 2.52 bits per heavy atom. The lowest BCUT2D eigenvalue weighted by atomic mass is 10.1. The van der Waals surface area contributed by atoms with Crippen LogP contribution in [-0.2, 0) is 0 Å². The summed E-state index contributed by atoms with van der Waals surface area (Å²) in [7, 11) is 0. The molecule has 0 saturated carbocycles. The molecule has 21 heavy (non-hydrogen) atoms. The van der Waals surface area contributed by atoms with Crippen molar-refractivity contribution in [1.82, 2.24) is 9.78 Å². The highest BCUT2D eigenvalue weighted by Gasteiger charge is 2.14. The molecule has 2 aromatic carbocycles. The molecule has 0 bridgehead atoms. The smallest absolute Gasteiger partial charge is 0.295 e. The molecule has 0 fully saturated rings. The molecular weight excluding hydrogens is 293 g/mol. The lowest BCUT2D eigenvalue weighted by Crippen LogP contribution is -2.16. The second-order valence-electron chi connectivity index (χ2n) is 4.51. The van der Waals surface area contributed by atoms with E-state index in [1.165, 1.54) is 22.9 Å². The summed E-state index contributed by atoms with van der Waals surface area (Å²) in [5, 5.41) is 2.89. The van der Waals surface area contributed by atoms with Gasteiger partial charge in [-0.05, 0) is 12.1 Å². The molecule has 1 heterocycles. The van der Waals surface area contributed by atoms with Gasteiger partial charge in [0.05, 0.1) is 16.4 Å². The van der Waals surface area contributed by atoms with Crippen molar-refractivity contribution >= 4 is 17.3 Å². The number of anilines is 1. The largest absolute Gasteiger partial charge is 0.392 e. The van der Waals surface area contributed by atoms with Gasteiger partial charge >= 0.3 is 0 Å². The molecule has 106 valence electrons. The number of nitrogens with zero attached hydrogens (tertiary/aromatic N) is 1. The van der Waals surface area contributed by atoms with Gasteiger partial charge in [0.15, 0.2) is 0 Å². The highest BCUT2D eigenvalue weighted by Crippen LogP contribution is 2.23. The average molecular weight is 304 g/mol. The van der Waals surface area contributed by atoms with Gasteiger partial charge in [-0.15, -0.1) is 0 Å². The molecule has 0 atom stereocenters. The predicted octanol–water partition coefficient (Wildman–Crippen LogP) is 3.21. The monoisotopic (exact) mass is 303 g/mol. The minimum absolute atomic E-state index is 0.00499. The Hall–Kier alpha value is -2.53. The molecule has 0 aliphatic rings. The fourth-order valence-electron chi connectivity index (χ4n) is 2.08. The Morgan fingerprint density at radius 1 is 1.14 bits per heavy atom. The molecule has 3 N–H and O–H groups in total. The zero-order valence-electron chi connectivity index (χ0n) is 10.8. The van der Waals surface area contributed by atoms with E-state index in [4.69, 9.17) is 17.3 Å². The summed E-state index contributed by atoms with van der Waals surface area (Å²) < 4.78 is 14.7. The Bertz CT molecular complexity index is 855. The van der Waals surface area contributed by atoms with Crippen molar-refractivity contribution < 1.29 is 4.39 Å². The number of rotatable bonds is 2. The molecule has 0 radical (unpaired) electrons. The Morgan fingerprint density at radius 2 is 1.86 bits per heavy atom. The van der Waals surface area contributed by atoms with Crippen molar-refractivity contribution in [2.75, 3.05) is 5.73 Å². The zero-order chi connectivity index (χ0) is 15.0. The number of hydrogen-bond donors (Lipinski definition) is 2. The quantitative estimate of drug-likeness (QED) is 0.763. The van der Waals surface area contributed by atoms with E-state index < -0.39 is 11.4 Å². The van der Waals surface area contributed by atoms with Crippen LogP contribution in [-0.4, -0.2) is 9.78 Å². The number of H-pyrrole nitrogens is 1. The summed E-state index contributed by atoms with van der Waals surface area (Å²) in [6.45, 7) is 0. The van der Waals surface area contributed by atoms with Gasteiger partial charge in [-0.1, -0.05) is 41.9 Å². The first-order valence-corrected chi connectivity index (χ1v) is 6.57. The minimum Gasteiger partial charge on any atom is -0.392 e. The van der Waals surface area contributed by atoms with Gasteiger partial charge < -0.3 is 5.73 Å². The lowest BCUT2D eigenvalue weighted by molar-refractivity contribution is 0.625. The van der Waals surface area contributed by atoms with Gasteiger partial charge in [0.2, 0.25) is 0 Å². The van der Waals surface area contributed by atoms with Gasteiger partial charge in [-0.2, -0.15) is 0 Å². The van der Waals surface area contributed by atoms with E-state index in [1.54, 1.807) is 0 Å². The topological polar surface area (TPSA) is 63.8 Å². The van der Waals surface area contributed by atoms with E-state index in [1.807, 2.05) is 30.3 Å². The SMILES string of the molecule is Nc1c(-c2ccccc2)[nH]n(-c2ccc(Cl)c(F)c2)c1=O. The summed E-state index contributed by atoms with van der Waals surface area (Å²) in [6, 6.07) is 13.3. The molecule has 1 aromatic heterocycles. The van der Waals surface area contributed by atoms with Crippen molar-refractivity contribution in [3.8, 4) is 16.9 Å². The number of nitrogens with two attached hydrogens (primary N) is 1. The van der Waals surface area contributed by atoms with Gasteiger partial charge in [0.25, 0.3) is 5.56 Å². The number of hydrogen-bond acceptors (Lipinski definition) is 2. The van der Waals surface area contributed by atoms with Gasteiger partial charge in [0, 0.05) is 11.6 Å². The summed E-state index contributed by atoms with van der Waals surface area (Å²) in [4.78, 5) is 12.2. The normalized spacial score (nSPS) is 10.8. The van der Waals surface area contributed by atoms with Crippen molar-refractivity contribution in [1.29, 1.82) is 0 Å². The maximum atomic E-state index is 13.5. The number of aromatic amines is 1. The second-order valence-corrected chi connectivity index (χ2v) is 4.91. The molecule has 0 aliphatic carbocycles. The van der Waals surface area contributed by atoms with Crippen LogP contribution in [0.15, 0.2) is 53.3 Å². The van der Waals surface area contributed by atoms with Crippen LogP contribution in [0, 0.1) is 5.82 Å². The van der Waals surface area contributed by atoms with E-state index in [2.05, 4.69) is 5.10 Å². The third-order valence-corrected chi connectivity index (χ3v) is 3.46. The van der Waals surface area contributed by atoms with Crippen LogP contribution in [0.4, 0.5) is 10.1 Å². The fraction of sp³-hybridized carbons (Fsp3) is 0. The Kier molecular flexibility index (Phi) is 3.27. The minimum atomic E-state index is -0.601. The summed E-state index contributed by atoms with van der Waals surface area (Å²) in [6.07, 6.45) is 0. The standard InChI is InChI=1S/C15H11ClFN3O/c16-11-7-6-10(8-12(11)17)20-15(21)13(18)14(19-20)9-4-2-1-3-5-9/h1-8,19H,18H2. The highest BCUT2D eigenvalue weighted by atomic mass is 35.5. The number of nitrogens with one attached hydrogen (secondary N) is 1. The predicted molar refractivity (Wildman–Crippen MR) is 81.2 cm³/mol. The van der Waals surface area contributed by atoms with Crippen LogP contribution in [0.25, 0.3) is 16.9 Å². The summed E-state index contributed by atoms with van der Waals surface area (Å²) in [5.41, 5.74) is 7.11. The molecule has 0 unspecified atom stereocenters. The van der Waals surface area contributed by atoms with Crippen LogP contribution in [0.3, 0.4) is 0 Å². The van der Waals surface area contributed by atoms with Gasteiger partial charge in [0.1, 0.15) is 11.5 Å². The van der Waals surface area contributed by atoms with Crippen LogP contribution in [0.2, 0.25) is 5.02 Å². The maximum Gasteiger partial charge on any atom is 0.295 e. The summed E-state index contributed by atoms with van der Waals surface area (Å²) >= 11 is 5.64. The molecular formula is C15H11ClFN3O. The molecule has 0 spiro atoms. The van der Waals surface area contributed by atoms with Crippen LogP contribution in [0.5, 0.6) is 0 Å². The number of halogens is 2. The summed E-state index contributed by atoms with van der Waals surface area (Å²) in [5.74, 6) is -0.601. The van der Waals surface area contributed by atoms with E-state index in [0.717, 1.165) is 5.56 Å². The average Bonchev–Trinajstić information content (AvgIpc) is 2.79. The van der Waals surface area contributed by atoms with E-state index in [-0.39, 0.29) is 10.7 Å². The van der Waals surface area contributed by atoms with Crippen molar-refractivity contribution in [2.24, 2.45) is 0 Å². The first-order valence-electron chi connectivity index (χ1n) is 6.19. The highest BCUT2D eigenvalue weighted by molar-refractivity contribution is 6.30. The first-order chi connectivity index (χ1) is 10.1. The fourth-order valence-corrected chi connectivity index (χ4v) is 2.20.